The van der Waals surface area contributed by atoms with E-state index in [4.69, 9.17) is 5.26 Å². The number of aromatic nitrogens is 1. The van der Waals surface area contributed by atoms with Gasteiger partial charge >= 0.3 is 0 Å². The standard InChI is InChI=1S/C17H24FN5S/c1-13-17(24-12-21-13)11-23-9-15(18)6-16(23)10-22(2)8-14(7-20)4-3-5-19/h12,14-16H,3-4,6,8-11H2,1-2H3/t14-,15+,16+/m1/s1. The largest absolute Gasteiger partial charge is 0.304 e. The average molecular weight is 349 g/mol. The first-order valence-corrected chi connectivity index (χ1v) is 9.13. The number of hydrogen-bond donors (Lipinski definition) is 0. The van der Waals surface area contributed by atoms with E-state index in [1.54, 1.807) is 11.3 Å². The molecule has 1 aliphatic rings. The van der Waals surface area contributed by atoms with Crippen LogP contribution >= 0.6 is 11.3 Å². The van der Waals surface area contributed by atoms with Crippen molar-refractivity contribution in [2.45, 2.75) is 44.9 Å². The Kier molecular flexibility index (Phi) is 7.11. The summed E-state index contributed by atoms with van der Waals surface area (Å²) in [6, 6.07) is 4.51. The van der Waals surface area contributed by atoms with Crippen LogP contribution in [0.1, 0.15) is 29.8 Å². The smallest absolute Gasteiger partial charge is 0.114 e. The van der Waals surface area contributed by atoms with Gasteiger partial charge in [0.1, 0.15) is 6.17 Å². The minimum Gasteiger partial charge on any atom is -0.304 e. The van der Waals surface area contributed by atoms with E-state index in [-0.39, 0.29) is 12.0 Å². The van der Waals surface area contributed by atoms with E-state index in [0.717, 1.165) is 18.8 Å². The number of nitrogens with zero attached hydrogens (tertiary/aromatic N) is 5. The molecule has 1 saturated heterocycles. The van der Waals surface area contributed by atoms with Gasteiger partial charge in [-0.1, -0.05) is 0 Å². The molecular formula is C17H24FN5S. The number of likely N-dealkylation sites (tertiary alicyclic amines) is 1. The highest BCUT2D eigenvalue weighted by atomic mass is 32.1. The minimum atomic E-state index is -0.790. The zero-order valence-corrected chi connectivity index (χ0v) is 15.1. The Morgan fingerprint density at radius 1 is 1.54 bits per heavy atom. The topological polar surface area (TPSA) is 67.0 Å². The SMILES string of the molecule is Cc1ncsc1CN1C[C@@H](F)C[C@H]1CN(C)C[C@@H](C#N)CCC#N. The molecule has 2 heterocycles. The summed E-state index contributed by atoms with van der Waals surface area (Å²) >= 11 is 1.62. The van der Waals surface area contributed by atoms with Crippen molar-refractivity contribution in [3.63, 3.8) is 0 Å². The van der Waals surface area contributed by atoms with Crippen LogP contribution in [0.3, 0.4) is 0 Å². The van der Waals surface area contributed by atoms with Crippen LogP contribution in [0.4, 0.5) is 4.39 Å². The molecule has 3 atom stereocenters. The lowest BCUT2D eigenvalue weighted by molar-refractivity contribution is 0.177. The first kappa shape index (κ1) is 18.8. The van der Waals surface area contributed by atoms with Crippen LogP contribution in [0, 0.1) is 35.5 Å². The van der Waals surface area contributed by atoms with E-state index in [1.807, 2.05) is 19.5 Å². The van der Waals surface area contributed by atoms with Gasteiger partial charge in [-0.3, -0.25) is 4.90 Å². The van der Waals surface area contributed by atoms with E-state index in [1.165, 1.54) is 4.88 Å². The molecule has 0 saturated carbocycles. The fraction of sp³-hybridized carbons (Fsp3) is 0.706. The molecule has 0 aromatic carbocycles. The summed E-state index contributed by atoms with van der Waals surface area (Å²) in [6.07, 6.45) is 0.746. The maximum Gasteiger partial charge on any atom is 0.114 e. The van der Waals surface area contributed by atoms with E-state index in [0.29, 0.717) is 32.4 Å². The zero-order valence-electron chi connectivity index (χ0n) is 14.3. The maximum atomic E-state index is 13.9. The molecular weight excluding hydrogens is 325 g/mol. The van der Waals surface area contributed by atoms with Crippen molar-refractivity contribution in [3.8, 4) is 12.1 Å². The molecule has 0 N–H and O–H groups in total. The maximum absolute atomic E-state index is 13.9. The fourth-order valence-electron chi connectivity index (χ4n) is 3.21. The van der Waals surface area contributed by atoms with Gasteiger partial charge in [-0.15, -0.1) is 11.3 Å². The molecule has 7 heteroatoms. The summed E-state index contributed by atoms with van der Waals surface area (Å²) < 4.78 is 13.9. The molecule has 0 spiro atoms. The van der Waals surface area contributed by atoms with Gasteiger partial charge in [0, 0.05) is 43.5 Å². The predicted octanol–water partition coefficient (Wildman–Crippen LogP) is 2.74. The molecule has 1 aliphatic heterocycles. The second-order valence-electron chi connectivity index (χ2n) is 6.52. The van der Waals surface area contributed by atoms with Gasteiger partial charge in [0.05, 0.1) is 29.3 Å². The third-order valence-electron chi connectivity index (χ3n) is 4.51. The van der Waals surface area contributed by atoms with Crippen LogP contribution in [0.5, 0.6) is 0 Å². The second-order valence-corrected chi connectivity index (χ2v) is 7.46. The lowest BCUT2D eigenvalue weighted by Crippen LogP contribution is -2.40. The van der Waals surface area contributed by atoms with Crippen molar-refractivity contribution in [2.75, 3.05) is 26.7 Å². The van der Waals surface area contributed by atoms with Crippen LogP contribution in [0.15, 0.2) is 5.51 Å². The number of likely N-dealkylation sites (N-methyl/N-ethyl adjacent to an activating group) is 1. The van der Waals surface area contributed by atoms with Crippen molar-refractivity contribution in [1.82, 2.24) is 14.8 Å². The van der Waals surface area contributed by atoms with Gasteiger partial charge in [-0.25, -0.2) is 9.37 Å². The summed E-state index contributed by atoms with van der Waals surface area (Å²) in [5.74, 6) is -0.144. The summed E-state index contributed by atoms with van der Waals surface area (Å²) in [4.78, 5) is 9.75. The highest BCUT2D eigenvalue weighted by Gasteiger charge is 2.33. The van der Waals surface area contributed by atoms with E-state index < -0.39 is 6.17 Å². The lowest BCUT2D eigenvalue weighted by Gasteiger charge is -2.29. The molecule has 5 nitrogen and oxygen atoms in total. The molecule has 24 heavy (non-hydrogen) atoms. The van der Waals surface area contributed by atoms with E-state index >= 15 is 0 Å². The van der Waals surface area contributed by atoms with Gasteiger partial charge in [-0.2, -0.15) is 10.5 Å². The highest BCUT2D eigenvalue weighted by Crippen LogP contribution is 2.25. The Morgan fingerprint density at radius 3 is 2.96 bits per heavy atom. The van der Waals surface area contributed by atoms with Crippen LogP contribution in [-0.2, 0) is 6.54 Å². The molecule has 0 amide bonds. The van der Waals surface area contributed by atoms with Crippen molar-refractivity contribution in [1.29, 1.82) is 10.5 Å². The summed E-state index contributed by atoms with van der Waals surface area (Å²) in [5.41, 5.74) is 2.86. The number of thiazole rings is 1. The number of halogens is 1. The second kappa shape index (κ2) is 9.08. The normalized spacial score (nSPS) is 22.4. The highest BCUT2D eigenvalue weighted by molar-refractivity contribution is 7.09. The average Bonchev–Trinajstić information content (AvgIpc) is 3.10. The number of hydrogen-bond acceptors (Lipinski definition) is 6. The number of rotatable bonds is 8. The van der Waals surface area contributed by atoms with Crippen LogP contribution in [0.25, 0.3) is 0 Å². The number of aryl methyl sites for hydroxylation is 1. The molecule has 1 fully saturated rings. The molecule has 130 valence electrons. The molecule has 0 aliphatic carbocycles. The first-order chi connectivity index (χ1) is 11.5. The summed E-state index contributed by atoms with van der Waals surface area (Å²) in [6.45, 7) is 4.56. The minimum absolute atomic E-state index is 0.144. The molecule has 2 rings (SSSR count). The molecule has 0 bridgehead atoms. The zero-order chi connectivity index (χ0) is 17.5. The van der Waals surface area contributed by atoms with Crippen LogP contribution < -0.4 is 0 Å². The molecule has 1 aromatic rings. The van der Waals surface area contributed by atoms with Gasteiger partial charge < -0.3 is 4.90 Å². The first-order valence-electron chi connectivity index (χ1n) is 8.25. The molecule has 1 aromatic heterocycles. The van der Waals surface area contributed by atoms with Crippen LogP contribution in [-0.4, -0.2) is 53.7 Å². The molecule has 0 radical (unpaired) electrons. The van der Waals surface area contributed by atoms with E-state index in [2.05, 4.69) is 26.9 Å². The third kappa shape index (κ3) is 5.24. The van der Waals surface area contributed by atoms with Crippen molar-refractivity contribution < 1.29 is 4.39 Å². The van der Waals surface area contributed by atoms with Gasteiger partial charge in [0.25, 0.3) is 0 Å². The molecule has 0 unspecified atom stereocenters. The Morgan fingerprint density at radius 2 is 2.33 bits per heavy atom. The summed E-state index contributed by atoms with van der Waals surface area (Å²) in [5, 5.41) is 17.9. The number of nitriles is 2. The summed E-state index contributed by atoms with van der Waals surface area (Å²) in [7, 11) is 1.97. The Hall–Kier alpha value is -1.54. The van der Waals surface area contributed by atoms with Crippen LogP contribution in [0.2, 0.25) is 0 Å². The lowest BCUT2D eigenvalue weighted by atomic mass is 10.0. The van der Waals surface area contributed by atoms with Gasteiger partial charge in [0.15, 0.2) is 0 Å². The quantitative estimate of drug-likeness (QED) is 0.722. The Balaban J connectivity index is 1.90. The predicted molar refractivity (Wildman–Crippen MR) is 92.0 cm³/mol. The van der Waals surface area contributed by atoms with E-state index in [9.17, 15) is 9.65 Å². The third-order valence-corrected chi connectivity index (χ3v) is 5.43. The Labute approximate surface area is 147 Å². The van der Waals surface area contributed by atoms with Gasteiger partial charge in [-0.05, 0) is 26.8 Å². The van der Waals surface area contributed by atoms with Gasteiger partial charge in [0.2, 0.25) is 0 Å². The Bertz CT molecular complexity index is 605. The van der Waals surface area contributed by atoms with Crippen molar-refractivity contribution in [3.05, 3.63) is 16.1 Å². The van der Waals surface area contributed by atoms with Crippen molar-refractivity contribution >= 4 is 11.3 Å². The number of alkyl halides is 1. The van der Waals surface area contributed by atoms with Crippen molar-refractivity contribution in [2.24, 2.45) is 5.92 Å². The fourth-order valence-corrected chi connectivity index (χ4v) is 4.02. The monoisotopic (exact) mass is 349 g/mol.